The lowest BCUT2D eigenvalue weighted by Crippen LogP contribution is -2.47. The van der Waals surface area contributed by atoms with E-state index in [9.17, 15) is 39.3 Å². The fourth-order valence-electron chi connectivity index (χ4n) is 6.23. The van der Waals surface area contributed by atoms with E-state index < -0.39 is 41.0 Å². The molecule has 280 valence electrons. The summed E-state index contributed by atoms with van der Waals surface area (Å²) >= 11 is 3.20. The van der Waals surface area contributed by atoms with Crippen LogP contribution in [0.15, 0.2) is 34.0 Å². The average Bonchev–Trinajstić information content (AvgIpc) is 3.09. The number of hydrogen-bond acceptors (Lipinski definition) is 12. The predicted octanol–water partition coefficient (Wildman–Crippen LogP) is 6.46. The third kappa shape index (κ3) is 6.79. The summed E-state index contributed by atoms with van der Waals surface area (Å²) in [5.74, 6) is -5.51. The van der Waals surface area contributed by atoms with Crippen LogP contribution in [0.3, 0.4) is 0 Å². The molecule has 1 atom stereocenters. The Morgan fingerprint density at radius 3 is 1.72 bits per heavy atom. The summed E-state index contributed by atoms with van der Waals surface area (Å²) in [6, 6.07) is 1.44. The molecule has 0 saturated heterocycles. The van der Waals surface area contributed by atoms with Gasteiger partial charge in [0.25, 0.3) is 0 Å². The average molecular weight is 796 g/mol. The fraction of sp³-hybridized carbons (Fsp3) is 0.308. The molecule has 0 saturated carbocycles. The number of aliphatic hydroxyl groups is 1. The van der Waals surface area contributed by atoms with Crippen molar-refractivity contribution in [2.24, 2.45) is 0 Å². The number of aromatic carboxylic acids is 1. The van der Waals surface area contributed by atoms with E-state index in [-0.39, 0.29) is 72.2 Å². The molecule has 0 radical (unpaired) electrons. The Hall–Kier alpha value is -5.47. The monoisotopic (exact) mass is 794 g/mol. The van der Waals surface area contributed by atoms with Gasteiger partial charge in [0, 0.05) is 11.6 Å². The van der Waals surface area contributed by atoms with Gasteiger partial charge in [-0.2, -0.15) is 0 Å². The van der Waals surface area contributed by atoms with Gasteiger partial charge < -0.3 is 39.0 Å². The van der Waals surface area contributed by atoms with Gasteiger partial charge in [0.05, 0.1) is 19.8 Å². The van der Waals surface area contributed by atoms with Crippen molar-refractivity contribution in [1.29, 1.82) is 0 Å². The molecule has 14 heteroatoms. The number of phenols is 1. The van der Waals surface area contributed by atoms with Crippen molar-refractivity contribution in [3.63, 3.8) is 0 Å². The van der Waals surface area contributed by atoms with Crippen molar-refractivity contribution in [3.05, 3.63) is 95.2 Å². The lowest BCUT2D eigenvalue weighted by Gasteiger charge is -2.30. The standard InChI is InChI=1S/C39H39BrO13/c1-15-12-25(23(9)33(50-11)27(15)36(45)52-32-20(6)17(3)28(35(43)44)18(4)21(32)7)51-37(46)29-19(5)22(8)34(30(40)31(29)42)53-38(47)39(48)16(2)13-24(41)14-26(39)49-10/h12-14,42,48H,1-11H3,(H,43,44)/t39-/m1/s1. The van der Waals surface area contributed by atoms with Gasteiger partial charge >= 0.3 is 23.9 Å². The van der Waals surface area contributed by atoms with Crippen LogP contribution in [0.25, 0.3) is 0 Å². The summed E-state index contributed by atoms with van der Waals surface area (Å²) in [7, 11) is 2.51. The number of hydrogen-bond donors (Lipinski definition) is 3. The summed E-state index contributed by atoms with van der Waals surface area (Å²) in [5.41, 5.74) is 0.286. The second kappa shape index (κ2) is 14.9. The Labute approximate surface area is 313 Å². The molecule has 0 aliphatic heterocycles. The van der Waals surface area contributed by atoms with Gasteiger partial charge in [-0.15, -0.1) is 0 Å². The Bertz CT molecular complexity index is 2150. The number of esters is 3. The Kier molecular flexibility index (Phi) is 11.3. The van der Waals surface area contributed by atoms with Crippen molar-refractivity contribution in [1.82, 2.24) is 0 Å². The van der Waals surface area contributed by atoms with Crippen molar-refractivity contribution in [2.75, 3.05) is 14.2 Å². The Morgan fingerprint density at radius 2 is 1.19 bits per heavy atom. The van der Waals surface area contributed by atoms with Crippen LogP contribution in [-0.2, 0) is 14.3 Å². The van der Waals surface area contributed by atoms with Crippen LogP contribution in [-0.4, -0.2) is 64.8 Å². The number of benzene rings is 3. The summed E-state index contributed by atoms with van der Waals surface area (Å²) in [6.45, 7) is 14.1. The van der Waals surface area contributed by atoms with Crippen LogP contribution in [0.2, 0.25) is 0 Å². The van der Waals surface area contributed by atoms with Crippen molar-refractivity contribution >= 4 is 45.6 Å². The first kappa shape index (κ1) is 40.3. The van der Waals surface area contributed by atoms with Crippen LogP contribution in [0.5, 0.6) is 28.7 Å². The van der Waals surface area contributed by atoms with Crippen LogP contribution in [0.1, 0.15) is 82.5 Å². The molecule has 0 spiro atoms. The van der Waals surface area contributed by atoms with E-state index in [1.165, 1.54) is 41.1 Å². The maximum Gasteiger partial charge on any atom is 0.356 e. The van der Waals surface area contributed by atoms with Gasteiger partial charge in [-0.3, -0.25) is 4.79 Å². The van der Waals surface area contributed by atoms with Crippen molar-refractivity contribution in [3.8, 4) is 28.7 Å². The van der Waals surface area contributed by atoms with E-state index in [4.69, 9.17) is 23.7 Å². The molecule has 53 heavy (non-hydrogen) atoms. The normalized spacial score (nSPS) is 15.3. The summed E-state index contributed by atoms with van der Waals surface area (Å²) < 4.78 is 27.7. The maximum atomic E-state index is 13.7. The number of methoxy groups -OCH3 is 2. The Morgan fingerprint density at radius 1 is 0.660 bits per heavy atom. The van der Waals surface area contributed by atoms with Crippen LogP contribution in [0, 0.1) is 55.4 Å². The van der Waals surface area contributed by atoms with Crippen LogP contribution < -0.4 is 18.9 Å². The number of phenolic OH excluding ortho intramolecular Hbond substituents is 1. The number of allylic oxidation sites excluding steroid dienone is 2. The van der Waals surface area contributed by atoms with Crippen molar-refractivity contribution in [2.45, 2.75) is 67.9 Å². The smallest absolute Gasteiger partial charge is 0.356 e. The molecule has 1 aliphatic carbocycles. The lowest BCUT2D eigenvalue weighted by molar-refractivity contribution is -0.151. The molecule has 0 bridgehead atoms. The van der Waals surface area contributed by atoms with Gasteiger partial charge in [-0.1, -0.05) is 0 Å². The van der Waals surface area contributed by atoms with Gasteiger partial charge in [0.1, 0.15) is 44.4 Å². The highest BCUT2D eigenvalue weighted by Crippen LogP contribution is 2.45. The second-order valence-corrected chi connectivity index (χ2v) is 13.5. The molecule has 0 amide bonds. The highest BCUT2D eigenvalue weighted by molar-refractivity contribution is 9.10. The number of aryl methyl sites for hydroxylation is 1. The minimum Gasteiger partial charge on any atom is -0.506 e. The highest BCUT2D eigenvalue weighted by Gasteiger charge is 2.48. The maximum absolute atomic E-state index is 13.7. The molecule has 0 unspecified atom stereocenters. The second-order valence-electron chi connectivity index (χ2n) is 12.7. The first-order chi connectivity index (χ1) is 24.6. The van der Waals surface area contributed by atoms with Gasteiger partial charge in [0.2, 0.25) is 5.60 Å². The molecule has 0 fully saturated rings. The van der Waals surface area contributed by atoms with Gasteiger partial charge in [0.15, 0.2) is 11.5 Å². The lowest BCUT2D eigenvalue weighted by atomic mass is 9.87. The van der Waals surface area contributed by atoms with E-state index in [1.807, 2.05) is 0 Å². The minimum atomic E-state index is -2.44. The van der Waals surface area contributed by atoms with Gasteiger partial charge in [-0.25, -0.2) is 19.2 Å². The number of carbonyl (C=O) groups is 5. The molecular formula is C39H39BrO13. The number of ketones is 1. The van der Waals surface area contributed by atoms with Gasteiger partial charge in [-0.05, 0) is 135 Å². The van der Waals surface area contributed by atoms with Crippen molar-refractivity contribution < 1.29 is 63.0 Å². The number of halogens is 1. The van der Waals surface area contributed by atoms with E-state index in [0.29, 0.717) is 27.8 Å². The molecular weight excluding hydrogens is 756 g/mol. The zero-order valence-electron chi connectivity index (χ0n) is 31.0. The Balaban J connectivity index is 1.69. The number of carboxylic acid groups (broad SMARTS) is 1. The van der Waals surface area contributed by atoms with Crippen LogP contribution in [0.4, 0.5) is 0 Å². The number of aromatic hydroxyl groups is 1. The quantitative estimate of drug-likeness (QED) is 0.158. The van der Waals surface area contributed by atoms with E-state index in [2.05, 4.69) is 15.9 Å². The fourth-order valence-corrected chi connectivity index (χ4v) is 6.80. The molecule has 3 aromatic rings. The molecule has 3 aromatic carbocycles. The third-order valence-corrected chi connectivity index (χ3v) is 10.4. The summed E-state index contributed by atoms with van der Waals surface area (Å²) in [4.78, 5) is 64.6. The van der Waals surface area contributed by atoms with E-state index in [1.54, 1.807) is 41.5 Å². The number of rotatable bonds is 9. The number of ether oxygens (including phenoxy) is 5. The van der Waals surface area contributed by atoms with E-state index >= 15 is 0 Å². The molecule has 13 nitrogen and oxygen atoms in total. The first-order valence-electron chi connectivity index (χ1n) is 16.1. The van der Waals surface area contributed by atoms with E-state index in [0.717, 1.165) is 12.2 Å². The molecule has 0 aromatic heterocycles. The molecule has 4 rings (SSSR count). The topological polar surface area (TPSA) is 192 Å². The highest BCUT2D eigenvalue weighted by atomic mass is 79.9. The summed E-state index contributed by atoms with van der Waals surface area (Å²) in [6.07, 6.45) is 2.02. The number of carboxylic acids is 1. The zero-order valence-corrected chi connectivity index (χ0v) is 32.6. The zero-order chi connectivity index (χ0) is 40.0. The first-order valence-corrected chi connectivity index (χ1v) is 16.9. The third-order valence-electron chi connectivity index (χ3n) is 9.65. The number of carbonyl (C=O) groups excluding carboxylic acids is 4. The molecule has 3 N–H and O–H groups in total. The largest absolute Gasteiger partial charge is 0.506 e. The molecule has 1 aliphatic rings. The van der Waals surface area contributed by atoms with Crippen LogP contribution >= 0.6 is 15.9 Å². The molecule has 0 heterocycles. The predicted molar refractivity (Wildman–Crippen MR) is 194 cm³/mol. The summed E-state index contributed by atoms with van der Waals surface area (Å²) in [5, 5.41) is 32.2. The minimum absolute atomic E-state index is 0.00375. The SMILES string of the molecule is COC1=CC(=O)C=C(C)[C@]1(O)C(=O)Oc1c(C)c(C)c(C(=O)Oc2cc(C)c(C(=O)Oc3c(C)c(C)c(C(=O)O)c(C)c3C)c(OC)c2C)c(O)c1Br.